The van der Waals surface area contributed by atoms with Crippen molar-refractivity contribution < 1.29 is 26.4 Å². The monoisotopic (exact) mass is 481 g/mol. The summed E-state index contributed by atoms with van der Waals surface area (Å²) < 4.78 is 67.4. The number of hydrogen-bond acceptors (Lipinski definition) is 4. The predicted molar refractivity (Wildman–Crippen MR) is 120 cm³/mol. The molecule has 1 atom stereocenters. The molecule has 0 bridgehead atoms. The van der Waals surface area contributed by atoms with Gasteiger partial charge in [-0.3, -0.25) is 4.79 Å². The fourth-order valence-electron chi connectivity index (χ4n) is 4.69. The number of anilines is 2. The summed E-state index contributed by atoms with van der Waals surface area (Å²) in [6.07, 6.45) is -3.85. The highest BCUT2D eigenvalue weighted by Gasteiger charge is 2.34. The van der Waals surface area contributed by atoms with E-state index in [4.69, 9.17) is 0 Å². The van der Waals surface area contributed by atoms with Gasteiger partial charge in [0.1, 0.15) is 0 Å². The molecule has 2 heterocycles. The van der Waals surface area contributed by atoms with Crippen LogP contribution in [0.5, 0.6) is 0 Å². The normalized spacial score (nSPS) is 19.6. The Hall–Kier alpha value is -2.59. The number of hydrogen-bond donors (Lipinski definition) is 0. The number of piperazine rings is 1. The number of amides is 1. The van der Waals surface area contributed by atoms with Crippen LogP contribution in [0.3, 0.4) is 0 Å². The molecule has 2 aliphatic heterocycles. The molecule has 0 N–H and O–H groups in total. The predicted octanol–water partition coefficient (Wildman–Crippen LogP) is 3.82. The van der Waals surface area contributed by atoms with Crippen molar-refractivity contribution >= 4 is 27.3 Å². The van der Waals surface area contributed by atoms with Crippen LogP contribution in [-0.2, 0) is 27.4 Å². The van der Waals surface area contributed by atoms with E-state index >= 15 is 0 Å². The number of carbonyl (C=O) groups excluding carboxylic acids is 1. The molecule has 6 nitrogen and oxygen atoms in total. The number of nitrogens with zero attached hydrogens (tertiary/aromatic N) is 3. The van der Waals surface area contributed by atoms with E-state index in [1.165, 1.54) is 17.3 Å². The number of benzene rings is 2. The summed E-state index contributed by atoms with van der Waals surface area (Å²) in [7, 11) is -3.76. The summed E-state index contributed by atoms with van der Waals surface area (Å²) in [6.45, 7) is 5.95. The molecule has 33 heavy (non-hydrogen) atoms. The Balaban J connectivity index is 1.51. The first kappa shape index (κ1) is 23.6. The molecule has 0 aromatic heterocycles. The van der Waals surface area contributed by atoms with E-state index in [1.807, 2.05) is 6.92 Å². The van der Waals surface area contributed by atoms with Crippen LogP contribution in [0.1, 0.15) is 30.5 Å². The lowest BCUT2D eigenvalue weighted by Crippen LogP contribution is -2.48. The van der Waals surface area contributed by atoms with Gasteiger partial charge in [0.25, 0.3) is 0 Å². The molecule has 1 fully saturated rings. The molecular formula is C23H26F3N3O3S. The minimum Gasteiger partial charge on any atom is -0.369 e. The third-order valence-electron chi connectivity index (χ3n) is 6.24. The Morgan fingerprint density at radius 3 is 2.30 bits per heavy atom. The molecule has 10 heteroatoms. The Kier molecular flexibility index (Phi) is 5.94. The van der Waals surface area contributed by atoms with Crippen LogP contribution in [0.2, 0.25) is 0 Å². The summed E-state index contributed by atoms with van der Waals surface area (Å²) >= 11 is 0. The molecule has 1 amide bonds. The zero-order valence-electron chi connectivity index (χ0n) is 18.7. The van der Waals surface area contributed by atoms with Crippen molar-refractivity contribution in [3.63, 3.8) is 0 Å². The molecule has 1 saturated heterocycles. The summed E-state index contributed by atoms with van der Waals surface area (Å²) in [5.41, 5.74) is 1.78. The van der Waals surface area contributed by atoms with Gasteiger partial charge < -0.3 is 9.80 Å². The number of alkyl halides is 3. The third kappa shape index (κ3) is 4.46. The zero-order chi connectivity index (χ0) is 24.1. The maximum atomic E-state index is 13.2. The Labute approximate surface area is 191 Å². The molecule has 4 rings (SSSR count). The number of fused-ring (bicyclic) bond motifs is 1. The standard InChI is InChI=1S/C23H26F3N3O3S/c1-15-10-19(23(24,25)26)14-20(11-15)27-6-8-28(9-7-27)33(31,32)21-4-5-22-18(13-21)12-16(2)29(22)17(3)30/h4-5,10-11,13-14,16H,6-9,12H2,1-3H3/t16-/m1/s1. The lowest BCUT2D eigenvalue weighted by atomic mass is 10.1. The van der Waals surface area contributed by atoms with E-state index in [0.717, 1.165) is 23.4 Å². The van der Waals surface area contributed by atoms with Crippen molar-refractivity contribution in [1.82, 2.24) is 4.31 Å². The van der Waals surface area contributed by atoms with Crippen LogP contribution in [0.4, 0.5) is 24.5 Å². The minimum atomic E-state index is -4.44. The largest absolute Gasteiger partial charge is 0.416 e. The van der Waals surface area contributed by atoms with Gasteiger partial charge in [0.05, 0.1) is 10.5 Å². The van der Waals surface area contributed by atoms with E-state index in [-0.39, 0.29) is 29.9 Å². The van der Waals surface area contributed by atoms with Gasteiger partial charge in [-0.15, -0.1) is 0 Å². The second-order valence-electron chi connectivity index (χ2n) is 8.68. The molecule has 0 radical (unpaired) electrons. The number of halogens is 3. The van der Waals surface area contributed by atoms with E-state index in [2.05, 4.69) is 0 Å². The van der Waals surface area contributed by atoms with Gasteiger partial charge in [-0.2, -0.15) is 17.5 Å². The Bertz CT molecular complexity index is 1190. The average molecular weight is 482 g/mol. The highest BCUT2D eigenvalue weighted by atomic mass is 32.2. The molecule has 2 aromatic rings. The molecule has 0 saturated carbocycles. The van der Waals surface area contributed by atoms with E-state index < -0.39 is 21.8 Å². The fraction of sp³-hybridized carbons (Fsp3) is 0.435. The molecule has 2 aromatic carbocycles. The van der Waals surface area contributed by atoms with Crippen molar-refractivity contribution in [2.45, 2.75) is 44.3 Å². The van der Waals surface area contributed by atoms with Gasteiger partial charge >= 0.3 is 6.18 Å². The van der Waals surface area contributed by atoms with E-state index in [9.17, 15) is 26.4 Å². The fourth-order valence-corrected chi connectivity index (χ4v) is 6.17. The van der Waals surface area contributed by atoms with Gasteiger partial charge in [-0.25, -0.2) is 8.42 Å². The maximum Gasteiger partial charge on any atom is 0.416 e. The number of sulfonamides is 1. The first-order chi connectivity index (χ1) is 15.4. The molecule has 2 aliphatic rings. The van der Waals surface area contributed by atoms with Crippen LogP contribution in [-0.4, -0.2) is 50.9 Å². The van der Waals surface area contributed by atoms with Crippen molar-refractivity contribution in [3.05, 3.63) is 53.1 Å². The summed E-state index contributed by atoms with van der Waals surface area (Å²) in [5.74, 6) is -0.0854. The van der Waals surface area contributed by atoms with Gasteiger partial charge in [-0.05, 0) is 67.8 Å². The van der Waals surface area contributed by atoms with Gasteiger partial charge in [-0.1, -0.05) is 0 Å². The van der Waals surface area contributed by atoms with E-state index in [0.29, 0.717) is 30.8 Å². The van der Waals surface area contributed by atoms with Crippen molar-refractivity contribution in [2.24, 2.45) is 0 Å². The van der Waals surface area contributed by atoms with Gasteiger partial charge in [0.15, 0.2) is 0 Å². The first-order valence-electron chi connectivity index (χ1n) is 10.7. The maximum absolute atomic E-state index is 13.2. The van der Waals surface area contributed by atoms with Crippen LogP contribution in [0.15, 0.2) is 41.3 Å². The second kappa shape index (κ2) is 8.32. The summed E-state index contributed by atoms with van der Waals surface area (Å²) in [5, 5.41) is 0. The Morgan fingerprint density at radius 1 is 1.03 bits per heavy atom. The van der Waals surface area contributed by atoms with E-state index in [1.54, 1.807) is 34.9 Å². The van der Waals surface area contributed by atoms with Crippen molar-refractivity contribution in [2.75, 3.05) is 36.0 Å². The quantitative estimate of drug-likeness (QED) is 0.669. The highest BCUT2D eigenvalue weighted by molar-refractivity contribution is 7.89. The Morgan fingerprint density at radius 2 is 1.70 bits per heavy atom. The third-order valence-corrected chi connectivity index (χ3v) is 8.13. The molecule has 0 unspecified atom stereocenters. The highest BCUT2D eigenvalue weighted by Crippen LogP contribution is 2.36. The minimum absolute atomic E-state index is 0.0325. The molecular weight excluding hydrogens is 455 g/mol. The lowest BCUT2D eigenvalue weighted by molar-refractivity contribution is -0.137. The summed E-state index contributed by atoms with van der Waals surface area (Å²) in [4.78, 5) is 15.5. The second-order valence-corrected chi connectivity index (χ2v) is 10.6. The van der Waals surface area contributed by atoms with Gasteiger partial charge in [0.2, 0.25) is 15.9 Å². The van der Waals surface area contributed by atoms with Crippen LogP contribution in [0, 0.1) is 6.92 Å². The van der Waals surface area contributed by atoms with Gasteiger partial charge in [0, 0.05) is 50.5 Å². The molecule has 178 valence electrons. The topological polar surface area (TPSA) is 60.9 Å². The van der Waals surface area contributed by atoms with Crippen molar-refractivity contribution in [1.29, 1.82) is 0 Å². The lowest BCUT2D eigenvalue weighted by Gasteiger charge is -2.35. The smallest absolute Gasteiger partial charge is 0.369 e. The SMILES string of the molecule is CC(=O)N1c2ccc(S(=O)(=O)N3CCN(c4cc(C)cc(C(F)(F)F)c4)CC3)cc2C[C@H]1C. The van der Waals surface area contributed by atoms with Crippen LogP contribution < -0.4 is 9.80 Å². The number of rotatable bonds is 3. The summed E-state index contributed by atoms with van der Waals surface area (Å²) in [6, 6.07) is 8.69. The molecule has 0 aliphatic carbocycles. The number of aryl methyl sites for hydroxylation is 1. The molecule has 0 spiro atoms. The van der Waals surface area contributed by atoms with Crippen LogP contribution >= 0.6 is 0 Å². The number of carbonyl (C=O) groups is 1. The zero-order valence-corrected chi connectivity index (χ0v) is 19.5. The van der Waals surface area contributed by atoms with Crippen molar-refractivity contribution in [3.8, 4) is 0 Å². The average Bonchev–Trinajstić information content (AvgIpc) is 3.07. The van der Waals surface area contributed by atoms with Crippen LogP contribution in [0.25, 0.3) is 0 Å². The first-order valence-corrected chi connectivity index (χ1v) is 12.2.